The Morgan fingerprint density at radius 1 is 0.889 bits per heavy atom. The highest BCUT2D eigenvalue weighted by molar-refractivity contribution is 5.88. The number of esters is 5. The van der Waals surface area contributed by atoms with Crippen molar-refractivity contribution in [3.8, 4) is 0 Å². The van der Waals surface area contributed by atoms with Crippen LogP contribution in [0, 0.1) is 5.92 Å². The molecule has 2 rings (SSSR count). The molecule has 0 bridgehead atoms. The summed E-state index contributed by atoms with van der Waals surface area (Å²) in [5.74, 6) is -3.82. The minimum atomic E-state index is -1.58. The number of allylic oxidation sites excluding steroid dienone is 1. The van der Waals surface area contributed by atoms with Crippen molar-refractivity contribution < 1.29 is 57.5 Å². The molecule has 36 heavy (non-hydrogen) atoms. The average molecular weight is 515 g/mol. The predicted octanol–water partition coefficient (Wildman–Crippen LogP) is 1.11. The van der Waals surface area contributed by atoms with Crippen LogP contribution >= 0.6 is 0 Å². The molecule has 6 unspecified atom stereocenters. The molecule has 1 aliphatic carbocycles. The summed E-state index contributed by atoms with van der Waals surface area (Å²) in [5, 5.41) is 10.2. The van der Waals surface area contributed by atoms with E-state index in [-0.39, 0.29) is 5.92 Å². The van der Waals surface area contributed by atoms with Crippen LogP contribution in [0.2, 0.25) is 0 Å². The van der Waals surface area contributed by atoms with Gasteiger partial charge in [0.2, 0.25) is 12.4 Å². The third-order valence-electron chi connectivity index (χ3n) is 5.84. The summed E-state index contributed by atoms with van der Waals surface area (Å²) in [6.45, 7) is 7.43. The van der Waals surface area contributed by atoms with Gasteiger partial charge in [-0.3, -0.25) is 19.2 Å². The van der Waals surface area contributed by atoms with E-state index in [1.165, 1.54) is 0 Å². The summed E-state index contributed by atoms with van der Waals surface area (Å²) in [4.78, 5) is 59.9. The number of carbonyl (C=O) groups excluding carboxylic acids is 5. The Kier molecular flexibility index (Phi) is 10.00. The molecule has 1 N–H and O–H groups in total. The van der Waals surface area contributed by atoms with Gasteiger partial charge in [-0.2, -0.15) is 0 Å². The zero-order valence-electron chi connectivity index (χ0n) is 21.3. The highest BCUT2D eigenvalue weighted by Gasteiger charge is 2.54. The van der Waals surface area contributed by atoms with Crippen molar-refractivity contribution in [1.29, 1.82) is 0 Å². The molecule has 0 radical (unpaired) electrons. The van der Waals surface area contributed by atoms with E-state index in [1.807, 2.05) is 0 Å². The van der Waals surface area contributed by atoms with E-state index in [0.29, 0.717) is 24.8 Å². The Morgan fingerprint density at radius 2 is 1.44 bits per heavy atom. The molecule has 12 nitrogen and oxygen atoms in total. The highest BCUT2D eigenvalue weighted by atomic mass is 16.7. The number of hydrogen-bond donors (Lipinski definition) is 1. The largest absolute Gasteiger partial charge is 0.463 e. The Balaban J connectivity index is 2.35. The van der Waals surface area contributed by atoms with Gasteiger partial charge >= 0.3 is 29.8 Å². The fourth-order valence-electron chi connectivity index (χ4n) is 4.13. The molecule has 2 aliphatic rings. The zero-order valence-corrected chi connectivity index (χ0v) is 21.3. The lowest BCUT2D eigenvalue weighted by Gasteiger charge is -2.43. The molecule has 1 fully saturated rings. The van der Waals surface area contributed by atoms with Crippen molar-refractivity contribution in [2.45, 2.75) is 97.1 Å². The van der Waals surface area contributed by atoms with Crippen LogP contribution < -0.4 is 0 Å². The molecular formula is C24H34O12. The molecular weight excluding hydrogens is 480 g/mol. The van der Waals surface area contributed by atoms with Crippen molar-refractivity contribution >= 4 is 29.8 Å². The fourth-order valence-corrected chi connectivity index (χ4v) is 4.13. The monoisotopic (exact) mass is 514 g/mol. The van der Waals surface area contributed by atoms with Crippen molar-refractivity contribution in [2.75, 3.05) is 6.61 Å². The van der Waals surface area contributed by atoms with Crippen molar-refractivity contribution in [3.05, 3.63) is 11.6 Å². The van der Waals surface area contributed by atoms with Gasteiger partial charge in [0.05, 0.1) is 5.60 Å². The van der Waals surface area contributed by atoms with Crippen LogP contribution in [0.1, 0.15) is 60.8 Å². The van der Waals surface area contributed by atoms with Crippen LogP contribution in [-0.4, -0.2) is 77.9 Å². The quantitative estimate of drug-likeness (QED) is 0.363. The molecule has 1 aliphatic heterocycles. The molecule has 202 valence electrons. The third kappa shape index (κ3) is 8.30. The van der Waals surface area contributed by atoms with Crippen LogP contribution in [0.3, 0.4) is 0 Å². The number of aliphatic hydroxyl groups is 1. The molecule has 1 saturated heterocycles. The van der Waals surface area contributed by atoms with Gasteiger partial charge in [0.25, 0.3) is 0 Å². The maximum atomic E-state index is 13.0. The molecule has 1 heterocycles. The van der Waals surface area contributed by atoms with Gasteiger partial charge in [0.15, 0.2) is 12.2 Å². The minimum absolute atomic E-state index is 0.0419. The van der Waals surface area contributed by atoms with E-state index < -0.39 is 72.8 Å². The second kappa shape index (κ2) is 12.3. The van der Waals surface area contributed by atoms with Gasteiger partial charge in [-0.05, 0) is 39.0 Å². The fraction of sp³-hybridized carbons (Fsp3) is 0.708. The first-order valence-corrected chi connectivity index (χ1v) is 11.6. The lowest BCUT2D eigenvalue weighted by Crippen LogP contribution is -2.63. The van der Waals surface area contributed by atoms with Gasteiger partial charge in [-0.1, -0.05) is 6.08 Å². The molecule has 0 aromatic heterocycles. The third-order valence-corrected chi connectivity index (χ3v) is 5.84. The summed E-state index contributed by atoms with van der Waals surface area (Å²) in [6, 6.07) is 0. The molecule has 6 atom stereocenters. The Morgan fingerprint density at radius 3 is 1.92 bits per heavy atom. The van der Waals surface area contributed by atoms with E-state index in [1.54, 1.807) is 19.9 Å². The van der Waals surface area contributed by atoms with E-state index in [9.17, 15) is 29.1 Å². The van der Waals surface area contributed by atoms with Crippen LogP contribution in [0.5, 0.6) is 0 Å². The Labute approximate surface area is 209 Å². The first kappa shape index (κ1) is 29.2. The maximum Gasteiger partial charge on any atom is 0.336 e. The lowest BCUT2D eigenvalue weighted by atomic mass is 9.79. The number of carbonyl (C=O) groups is 5. The SMILES string of the molecule is CC(=O)OCC1OC(OC(=O)C2=CCC(C(C)(C)O)CC2)C(OC(C)=O)C(OC(C)=O)C1OC(C)=O. The Bertz CT molecular complexity index is 886. The molecule has 0 amide bonds. The maximum absolute atomic E-state index is 13.0. The summed E-state index contributed by atoms with van der Waals surface area (Å²) < 4.78 is 32.2. The van der Waals surface area contributed by atoms with Crippen molar-refractivity contribution in [2.24, 2.45) is 5.92 Å². The van der Waals surface area contributed by atoms with E-state index in [2.05, 4.69) is 0 Å². The van der Waals surface area contributed by atoms with Crippen LogP contribution in [0.15, 0.2) is 11.6 Å². The first-order chi connectivity index (χ1) is 16.7. The highest BCUT2D eigenvalue weighted by Crippen LogP contribution is 2.34. The summed E-state index contributed by atoms with van der Waals surface area (Å²) in [7, 11) is 0. The average Bonchev–Trinajstić information content (AvgIpc) is 2.75. The second-order valence-electron chi connectivity index (χ2n) is 9.33. The lowest BCUT2D eigenvalue weighted by molar-refractivity contribution is -0.299. The zero-order chi connectivity index (χ0) is 27.2. The van der Waals surface area contributed by atoms with Crippen molar-refractivity contribution in [1.82, 2.24) is 0 Å². The molecule has 0 aromatic carbocycles. The standard InChI is InChI=1S/C24H34O12/c1-12(25)31-11-18-19(32-13(2)26)20(33-14(3)27)21(34-15(4)28)23(35-18)36-22(29)16-7-9-17(10-8-16)24(5,6)30/h7,17-21,23,30H,8-11H2,1-6H3. The summed E-state index contributed by atoms with van der Waals surface area (Å²) in [5.41, 5.74) is -0.575. The summed E-state index contributed by atoms with van der Waals surface area (Å²) in [6.07, 6.45) is -4.05. The van der Waals surface area contributed by atoms with Crippen LogP contribution in [0.4, 0.5) is 0 Å². The van der Waals surface area contributed by atoms with Gasteiger partial charge in [-0.25, -0.2) is 4.79 Å². The Hall–Kier alpha value is -2.99. The van der Waals surface area contributed by atoms with E-state index in [4.69, 9.17) is 28.4 Å². The second-order valence-corrected chi connectivity index (χ2v) is 9.33. The van der Waals surface area contributed by atoms with Crippen molar-refractivity contribution in [3.63, 3.8) is 0 Å². The van der Waals surface area contributed by atoms with Gasteiger partial charge < -0.3 is 33.5 Å². The summed E-state index contributed by atoms with van der Waals surface area (Å²) >= 11 is 0. The molecule has 0 aromatic rings. The number of ether oxygens (including phenoxy) is 6. The minimum Gasteiger partial charge on any atom is -0.463 e. The molecule has 0 saturated carbocycles. The van der Waals surface area contributed by atoms with Crippen LogP contribution in [-0.2, 0) is 52.4 Å². The predicted molar refractivity (Wildman–Crippen MR) is 120 cm³/mol. The van der Waals surface area contributed by atoms with Gasteiger partial charge in [0, 0.05) is 33.3 Å². The molecule has 0 spiro atoms. The number of hydrogen-bond acceptors (Lipinski definition) is 12. The van der Waals surface area contributed by atoms with E-state index in [0.717, 1.165) is 27.7 Å². The normalized spacial score (nSPS) is 28.2. The van der Waals surface area contributed by atoms with Crippen LogP contribution in [0.25, 0.3) is 0 Å². The molecule has 12 heteroatoms. The van der Waals surface area contributed by atoms with Gasteiger partial charge in [-0.15, -0.1) is 0 Å². The number of rotatable bonds is 8. The first-order valence-electron chi connectivity index (χ1n) is 11.6. The topological polar surface area (TPSA) is 161 Å². The van der Waals surface area contributed by atoms with E-state index >= 15 is 0 Å². The smallest absolute Gasteiger partial charge is 0.336 e. The van der Waals surface area contributed by atoms with Gasteiger partial charge in [0.1, 0.15) is 12.7 Å².